The van der Waals surface area contributed by atoms with Crippen LogP contribution in [0.25, 0.3) is 10.9 Å². The summed E-state index contributed by atoms with van der Waals surface area (Å²) in [5, 5.41) is 3.17. The number of methoxy groups -OCH3 is 2. The van der Waals surface area contributed by atoms with Crippen LogP contribution in [0.2, 0.25) is 0 Å². The SMILES string of the molecule is COc1ccc(CNC(=O)COC(=O)c2ccc3c(=O)n4c(nc3c2)CCCCC4)cc1OC. The predicted molar refractivity (Wildman–Crippen MR) is 125 cm³/mol. The molecule has 178 valence electrons. The molecule has 2 aromatic carbocycles. The summed E-state index contributed by atoms with van der Waals surface area (Å²) in [6.45, 7) is 0.482. The van der Waals surface area contributed by atoms with Crippen molar-refractivity contribution in [1.29, 1.82) is 0 Å². The van der Waals surface area contributed by atoms with E-state index >= 15 is 0 Å². The second kappa shape index (κ2) is 10.4. The summed E-state index contributed by atoms with van der Waals surface area (Å²) in [6, 6.07) is 9.98. The maximum absolute atomic E-state index is 12.8. The van der Waals surface area contributed by atoms with Crippen LogP contribution >= 0.6 is 0 Å². The van der Waals surface area contributed by atoms with Gasteiger partial charge in [0, 0.05) is 19.5 Å². The molecule has 1 aromatic heterocycles. The van der Waals surface area contributed by atoms with Gasteiger partial charge in [0.05, 0.1) is 30.7 Å². The van der Waals surface area contributed by atoms with Crippen molar-refractivity contribution in [3.63, 3.8) is 0 Å². The van der Waals surface area contributed by atoms with Gasteiger partial charge < -0.3 is 19.5 Å². The molecule has 1 N–H and O–H groups in total. The molecule has 2 heterocycles. The number of aromatic nitrogens is 2. The normalized spacial score (nSPS) is 13.0. The summed E-state index contributed by atoms with van der Waals surface area (Å²) in [5.74, 6) is 0.804. The van der Waals surface area contributed by atoms with Crippen LogP contribution in [0.3, 0.4) is 0 Å². The number of aryl methyl sites for hydroxylation is 1. The highest BCUT2D eigenvalue weighted by Crippen LogP contribution is 2.27. The Balaban J connectivity index is 1.38. The van der Waals surface area contributed by atoms with Crippen molar-refractivity contribution in [3.8, 4) is 11.5 Å². The lowest BCUT2D eigenvalue weighted by molar-refractivity contribution is -0.124. The van der Waals surface area contributed by atoms with Crippen LogP contribution in [-0.2, 0) is 29.0 Å². The van der Waals surface area contributed by atoms with Gasteiger partial charge in [0.2, 0.25) is 0 Å². The van der Waals surface area contributed by atoms with Gasteiger partial charge in [-0.3, -0.25) is 14.2 Å². The molecule has 0 aliphatic carbocycles. The van der Waals surface area contributed by atoms with Gasteiger partial charge in [-0.05, 0) is 48.7 Å². The third-order valence-corrected chi connectivity index (χ3v) is 5.82. The highest BCUT2D eigenvalue weighted by molar-refractivity contribution is 5.95. The van der Waals surface area contributed by atoms with Crippen LogP contribution in [0.15, 0.2) is 41.2 Å². The molecule has 34 heavy (non-hydrogen) atoms. The first kappa shape index (κ1) is 23.3. The molecule has 0 bridgehead atoms. The van der Waals surface area contributed by atoms with Crippen LogP contribution in [0.4, 0.5) is 0 Å². The van der Waals surface area contributed by atoms with Gasteiger partial charge >= 0.3 is 5.97 Å². The van der Waals surface area contributed by atoms with Crippen molar-refractivity contribution in [1.82, 2.24) is 14.9 Å². The number of fused-ring (bicyclic) bond motifs is 2. The van der Waals surface area contributed by atoms with Crippen LogP contribution < -0.4 is 20.3 Å². The molecule has 9 nitrogen and oxygen atoms in total. The Kier molecular flexibility index (Phi) is 7.10. The average molecular weight is 466 g/mol. The summed E-state index contributed by atoms with van der Waals surface area (Å²) >= 11 is 0. The zero-order valence-electron chi connectivity index (χ0n) is 19.3. The smallest absolute Gasteiger partial charge is 0.338 e. The van der Waals surface area contributed by atoms with Crippen LogP contribution in [0.1, 0.15) is 41.0 Å². The van der Waals surface area contributed by atoms with E-state index in [1.54, 1.807) is 42.0 Å². The molecule has 1 aliphatic heterocycles. The van der Waals surface area contributed by atoms with Gasteiger partial charge in [0.1, 0.15) is 5.82 Å². The highest BCUT2D eigenvalue weighted by Gasteiger charge is 2.16. The van der Waals surface area contributed by atoms with Gasteiger partial charge in [-0.1, -0.05) is 12.5 Å². The van der Waals surface area contributed by atoms with Gasteiger partial charge in [0.25, 0.3) is 11.5 Å². The lowest BCUT2D eigenvalue weighted by Crippen LogP contribution is -2.28. The van der Waals surface area contributed by atoms with Crippen molar-refractivity contribution in [3.05, 3.63) is 63.7 Å². The predicted octanol–water partition coefficient (Wildman–Crippen LogP) is 2.61. The molecule has 0 saturated heterocycles. The van der Waals surface area contributed by atoms with Crippen LogP contribution in [-0.4, -0.2) is 42.3 Å². The minimum Gasteiger partial charge on any atom is -0.493 e. The lowest BCUT2D eigenvalue weighted by Gasteiger charge is -2.11. The summed E-state index contributed by atoms with van der Waals surface area (Å²) < 4.78 is 17.3. The number of ether oxygens (including phenoxy) is 3. The molecule has 3 aromatic rings. The number of nitrogens with one attached hydrogen (secondary N) is 1. The average Bonchev–Trinajstić information content (AvgIpc) is 3.11. The quantitative estimate of drug-likeness (QED) is 0.534. The van der Waals surface area contributed by atoms with E-state index in [4.69, 9.17) is 14.2 Å². The van der Waals surface area contributed by atoms with E-state index in [1.165, 1.54) is 13.2 Å². The molecule has 0 radical (unpaired) electrons. The number of amides is 1. The van der Waals surface area contributed by atoms with Crippen molar-refractivity contribution in [2.45, 2.75) is 38.8 Å². The maximum atomic E-state index is 12.8. The molecule has 0 saturated carbocycles. The molecule has 0 unspecified atom stereocenters. The van der Waals surface area contributed by atoms with Crippen molar-refractivity contribution in [2.75, 3.05) is 20.8 Å². The van der Waals surface area contributed by atoms with Gasteiger partial charge in [-0.2, -0.15) is 0 Å². The van der Waals surface area contributed by atoms with Gasteiger partial charge in [-0.15, -0.1) is 0 Å². The maximum Gasteiger partial charge on any atom is 0.338 e. The van der Waals surface area contributed by atoms with E-state index in [0.29, 0.717) is 28.9 Å². The van der Waals surface area contributed by atoms with Gasteiger partial charge in [0.15, 0.2) is 18.1 Å². The number of carbonyl (C=O) groups excluding carboxylic acids is 2. The number of nitrogens with zero attached hydrogens (tertiary/aromatic N) is 2. The molecule has 9 heteroatoms. The first-order valence-corrected chi connectivity index (χ1v) is 11.2. The zero-order valence-corrected chi connectivity index (χ0v) is 19.3. The summed E-state index contributed by atoms with van der Waals surface area (Å²) in [4.78, 5) is 42.1. The standard InChI is InChI=1S/C25H27N3O6/c1-32-20-10-7-16(12-21(20)33-2)14-26-23(29)15-34-25(31)17-8-9-18-19(13-17)27-22-6-4-3-5-11-28(22)24(18)30/h7-10,12-13H,3-6,11,14-15H2,1-2H3,(H,26,29). The minimum atomic E-state index is -0.653. The van der Waals surface area contributed by atoms with Crippen LogP contribution in [0.5, 0.6) is 11.5 Å². The Labute approximate surface area is 196 Å². The Morgan fingerprint density at radius 1 is 1.03 bits per heavy atom. The molecular formula is C25H27N3O6. The fourth-order valence-corrected chi connectivity index (χ4v) is 4.00. The Hall–Kier alpha value is -3.88. The molecule has 4 rings (SSSR count). The first-order valence-electron chi connectivity index (χ1n) is 11.2. The van der Waals surface area contributed by atoms with Crippen molar-refractivity contribution in [2.24, 2.45) is 0 Å². The molecule has 0 spiro atoms. The molecular weight excluding hydrogens is 438 g/mol. The topological polar surface area (TPSA) is 109 Å². The summed E-state index contributed by atoms with van der Waals surface area (Å²) in [7, 11) is 3.09. The third kappa shape index (κ3) is 5.03. The fraction of sp³-hybridized carbons (Fsp3) is 0.360. The highest BCUT2D eigenvalue weighted by atomic mass is 16.5. The van der Waals surface area contributed by atoms with E-state index in [-0.39, 0.29) is 17.7 Å². The van der Waals surface area contributed by atoms with E-state index in [1.807, 2.05) is 0 Å². The van der Waals surface area contributed by atoms with E-state index in [0.717, 1.165) is 37.1 Å². The molecule has 0 atom stereocenters. The Bertz CT molecular complexity index is 1280. The van der Waals surface area contributed by atoms with Gasteiger partial charge in [-0.25, -0.2) is 9.78 Å². The largest absolute Gasteiger partial charge is 0.493 e. The Morgan fingerprint density at radius 2 is 1.85 bits per heavy atom. The van der Waals surface area contributed by atoms with Crippen LogP contribution in [0, 0.1) is 0 Å². The second-order valence-corrected chi connectivity index (χ2v) is 8.07. The van der Waals surface area contributed by atoms with Crippen molar-refractivity contribution >= 4 is 22.8 Å². The second-order valence-electron chi connectivity index (χ2n) is 8.07. The number of rotatable bonds is 7. The van der Waals surface area contributed by atoms with E-state index in [9.17, 15) is 14.4 Å². The first-order chi connectivity index (χ1) is 16.5. The zero-order chi connectivity index (χ0) is 24.1. The van der Waals surface area contributed by atoms with E-state index < -0.39 is 18.5 Å². The fourth-order valence-electron chi connectivity index (χ4n) is 4.00. The number of hydrogen-bond donors (Lipinski definition) is 1. The summed E-state index contributed by atoms with van der Waals surface area (Å²) in [5.41, 5.74) is 1.43. The summed E-state index contributed by atoms with van der Waals surface area (Å²) in [6.07, 6.45) is 3.74. The monoisotopic (exact) mass is 465 g/mol. The molecule has 1 aliphatic rings. The minimum absolute atomic E-state index is 0.0867. The van der Waals surface area contributed by atoms with Crippen molar-refractivity contribution < 1.29 is 23.8 Å². The molecule has 0 fully saturated rings. The Morgan fingerprint density at radius 3 is 2.65 bits per heavy atom. The number of hydrogen-bond acceptors (Lipinski definition) is 7. The molecule has 1 amide bonds. The number of carbonyl (C=O) groups is 2. The van der Waals surface area contributed by atoms with E-state index in [2.05, 4.69) is 10.3 Å². The number of benzene rings is 2. The number of esters is 1. The lowest BCUT2D eigenvalue weighted by atomic mass is 10.1. The third-order valence-electron chi connectivity index (χ3n) is 5.82.